The van der Waals surface area contributed by atoms with Gasteiger partial charge in [-0.2, -0.15) is 0 Å². The van der Waals surface area contributed by atoms with Gasteiger partial charge in [0.1, 0.15) is 0 Å². The molecule has 3 aromatic rings. The molecular formula is C16H12BrN3OS. The van der Waals surface area contributed by atoms with Crippen LogP contribution >= 0.6 is 27.7 Å². The Bertz CT molecular complexity index is 789. The molecule has 1 heterocycles. The summed E-state index contributed by atoms with van der Waals surface area (Å²) in [5.41, 5.74) is 1.65. The van der Waals surface area contributed by atoms with Gasteiger partial charge in [-0.3, -0.25) is 9.89 Å². The van der Waals surface area contributed by atoms with Crippen molar-refractivity contribution < 1.29 is 4.79 Å². The third kappa shape index (κ3) is 3.45. The monoisotopic (exact) mass is 373 g/mol. The van der Waals surface area contributed by atoms with Crippen molar-refractivity contribution in [2.24, 2.45) is 0 Å². The molecule has 0 aliphatic rings. The first-order valence-electron chi connectivity index (χ1n) is 6.62. The molecule has 1 aromatic heterocycles. The lowest BCUT2D eigenvalue weighted by atomic mass is 10.2. The fraction of sp³-hybridized carbons (Fsp3) is 0.0625. The molecule has 0 saturated carbocycles. The van der Waals surface area contributed by atoms with E-state index in [4.69, 9.17) is 0 Å². The zero-order valence-electron chi connectivity index (χ0n) is 11.5. The number of thioether (sulfide) groups is 1. The van der Waals surface area contributed by atoms with E-state index in [1.807, 2.05) is 54.6 Å². The topological polar surface area (TPSA) is 58.6 Å². The molecule has 0 aliphatic carbocycles. The second-order valence-corrected chi connectivity index (χ2v) is 6.32. The molecule has 0 fully saturated rings. The molecule has 0 radical (unpaired) electrons. The second-order valence-electron chi connectivity index (χ2n) is 4.52. The summed E-state index contributed by atoms with van der Waals surface area (Å²) in [5, 5.41) is 7.62. The average Bonchev–Trinajstić information content (AvgIpc) is 3.02. The number of H-pyrrole nitrogens is 1. The van der Waals surface area contributed by atoms with E-state index in [-0.39, 0.29) is 5.78 Å². The van der Waals surface area contributed by atoms with Crippen molar-refractivity contribution in [1.29, 1.82) is 0 Å². The van der Waals surface area contributed by atoms with E-state index in [0.717, 1.165) is 10.0 Å². The Labute approximate surface area is 140 Å². The smallest absolute Gasteiger partial charge is 0.209 e. The number of nitrogens with zero attached hydrogens (tertiary/aromatic N) is 2. The normalized spacial score (nSPS) is 10.6. The molecule has 0 bridgehead atoms. The molecule has 0 amide bonds. The van der Waals surface area contributed by atoms with Crippen molar-refractivity contribution in [3.05, 3.63) is 64.6 Å². The zero-order valence-corrected chi connectivity index (χ0v) is 13.9. The van der Waals surface area contributed by atoms with Crippen molar-refractivity contribution in [2.75, 3.05) is 5.75 Å². The molecule has 0 atom stereocenters. The molecule has 0 spiro atoms. The third-order valence-corrected chi connectivity index (χ3v) is 4.56. The van der Waals surface area contributed by atoms with Gasteiger partial charge in [-0.25, -0.2) is 4.98 Å². The molecule has 4 nitrogen and oxygen atoms in total. The largest absolute Gasteiger partial charge is 0.293 e. The Morgan fingerprint density at radius 3 is 2.59 bits per heavy atom. The summed E-state index contributed by atoms with van der Waals surface area (Å²) in [6.45, 7) is 0. The van der Waals surface area contributed by atoms with Crippen LogP contribution in [0.4, 0.5) is 0 Å². The summed E-state index contributed by atoms with van der Waals surface area (Å²) >= 11 is 4.81. The Morgan fingerprint density at radius 1 is 1.09 bits per heavy atom. The summed E-state index contributed by atoms with van der Waals surface area (Å²) in [6, 6.07) is 17.0. The van der Waals surface area contributed by atoms with Crippen LogP contribution in [0.25, 0.3) is 11.4 Å². The Balaban J connectivity index is 1.68. The summed E-state index contributed by atoms with van der Waals surface area (Å²) in [5.74, 6) is 1.07. The minimum Gasteiger partial charge on any atom is -0.293 e. The summed E-state index contributed by atoms with van der Waals surface area (Å²) in [6.07, 6.45) is 0. The van der Waals surface area contributed by atoms with Crippen molar-refractivity contribution >= 4 is 33.5 Å². The number of aromatic nitrogens is 3. The van der Waals surface area contributed by atoms with Gasteiger partial charge in [-0.1, -0.05) is 76.2 Å². The van der Waals surface area contributed by atoms with Crippen LogP contribution in [0, 0.1) is 0 Å². The van der Waals surface area contributed by atoms with E-state index < -0.39 is 0 Å². The fourth-order valence-electron chi connectivity index (χ4n) is 1.92. The number of rotatable bonds is 5. The number of carbonyl (C=O) groups excluding carboxylic acids is 1. The number of carbonyl (C=O) groups is 1. The van der Waals surface area contributed by atoms with E-state index in [1.54, 1.807) is 0 Å². The lowest BCUT2D eigenvalue weighted by Crippen LogP contribution is -2.01. The van der Waals surface area contributed by atoms with Crippen LogP contribution in [0.3, 0.4) is 0 Å². The van der Waals surface area contributed by atoms with Crippen LogP contribution in [-0.4, -0.2) is 26.7 Å². The molecule has 0 saturated heterocycles. The first-order chi connectivity index (χ1) is 10.7. The Hall–Kier alpha value is -1.92. The van der Waals surface area contributed by atoms with Crippen LogP contribution in [0.15, 0.2) is 64.2 Å². The third-order valence-electron chi connectivity index (χ3n) is 3.02. The quantitative estimate of drug-likeness (QED) is 0.537. The summed E-state index contributed by atoms with van der Waals surface area (Å²) in [4.78, 5) is 16.5. The van der Waals surface area contributed by atoms with Crippen LogP contribution in [0.2, 0.25) is 0 Å². The van der Waals surface area contributed by atoms with Gasteiger partial charge >= 0.3 is 0 Å². The van der Waals surface area contributed by atoms with Crippen molar-refractivity contribution in [2.45, 2.75) is 5.16 Å². The van der Waals surface area contributed by atoms with E-state index >= 15 is 0 Å². The Kier molecular flexibility index (Phi) is 4.70. The molecule has 6 heteroatoms. The molecule has 3 rings (SSSR count). The number of benzene rings is 2. The predicted molar refractivity (Wildman–Crippen MR) is 91.0 cm³/mol. The molecule has 110 valence electrons. The standard InChI is InChI=1S/C16H12BrN3OS/c17-13-9-5-4-8-12(13)15-18-16(20-19-15)22-10-14(21)11-6-2-1-3-7-11/h1-9H,10H2,(H,18,19,20). The lowest BCUT2D eigenvalue weighted by molar-refractivity contribution is 0.102. The highest BCUT2D eigenvalue weighted by Crippen LogP contribution is 2.26. The summed E-state index contributed by atoms with van der Waals surface area (Å²) < 4.78 is 0.947. The van der Waals surface area contributed by atoms with Gasteiger partial charge in [0.25, 0.3) is 0 Å². The van der Waals surface area contributed by atoms with Gasteiger partial charge in [0.2, 0.25) is 5.16 Å². The van der Waals surface area contributed by atoms with E-state index in [1.165, 1.54) is 11.8 Å². The minimum absolute atomic E-state index is 0.0674. The maximum Gasteiger partial charge on any atom is 0.209 e. The highest BCUT2D eigenvalue weighted by atomic mass is 79.9. The van der Waals surface area contributed by atoms with E-state index in [2.05, 4.69) is 31.1 Å². The number of nitrogens with one attached hydrogen (secondary N) is 1. The molecular weight excluding hydrogens is 362 g/mol. The average molecular weight is 374 g/mol. The highest BCUT2D eigenvalue weighted by molar-refractivity contribution is 9.10. The predicted octanol–water partition coefficient (Wildman–Crippen LogP) is 4.21. The lowest BCUT2D eigenvalue weighted by Gasteiger charge is -1.99. The zero-order chi connectivity index (χ0) is 15.4. The number of hydrogen-bond acceptors (Lipinski definition) is 4. The molecule has 2 aromatic carbocycles. The van der Waals surface area contributed by atoms with Gasteiger partial charge in [-0.05, 0) is 6.07 Å². The molecule has 1 N–H and O–H groups in total. The molecule has 0 unspecified atom stereocenters. The number of aromatic amines is 1. The van der Waals surface area contributed by atoms with Crippen molar-refractivity contribution in [1.82, 2.24) is 15.2 Å². The van der Waals surface area contributed by atoms with Crippen molar-refractivity contribution in [3.8, 4) is 11.4 Å². The number of halogens is 1. The number of ketones is 1. The molecule has 0 aliphatic heterocycles. The van der Waals surface area contributed by atoms with Crippen LogP contribution in [0.1, 0.15) is 10.4 Å². The van der Waals surface area contributed by atoms with Gasteiger partial charge in [0.05, 0.1) is 5.75 Å². The maximum atomic E-state index is 12.1. The maximum absolute atomic E-state index is 12.1. The van der Waals surface area contributed by atoms with E-state index in [0.29, 0.717) is 22.3 Å². The van der Waals surface area contributed by atoms with Crippen LogP contribution in [-0.2, 0) is 0 Å². The highest BCUT2D eigenvalue weighted by Gasteiger charge is 2.11. The SMILES string of the molecule is O=C(CSc1n[nH]c(-c2ccccc2Br)n1)c1ccccc1. The fourth-order valence-corrected chi connectivity index (χ4v) is 3.09. The van der Waals surface area contributed by atoms with Crippen molar-refractivity contribution in [3.63, 3.8) is 0 Å². The van der Waals surface area contributed by atoms with Crippen LogP contribution in [0.5, 0.6) is 0 Å². The second kappa shape index (κ2) is 6.89. The van der Waals surface area contributed by atoms with Gasteiger partial charge in [-0.15, -0.1) is 5.10 Å². The first-order valence-corrected chi connectivity index (χ1v) is 8.40. The van der Waals surface area contributed by atoms with E-state index in [9.17, 15) is 4.79 Å². The molecule has 22 heavy (non-hydrogen) atoms. The van der Waals surface area contributed by atoms with Gasteiger partial charge in [0, 0.05) is 15.6 Å². The Morgan fingerprint density at radius 2 is 1.82 bits per heavy atom. The van der Waals surface area contributed by atoms with Gasteiger partial charge < -0.3 is 0 Å². The first kappa shape index (κ1) is 15.0. The number of Topliss-reactive ketones (excluding diaryl/α,β-unsaturated/α-hetero) is 1. The summed E-state index contributed by atoms with van der Waals surface area (Å²) in [7, 11) is 0. The van der Waals surface area contributed by atoms with Crippen LogP contribution < -0.4 is 0 Å². The minimum atomic E-state index is 0.0674. The van der Waals surface area contributed by atoms with Gasteiger partial charge in [0.15, 0.2) is 11.6 Å². The number of hydrogen-bond donors (Lipinski definition) is 1.